The smallest absolute Gasteiger partial charge is 0.262 e. The van der Waals surface area contributed by atoms with Crippen LogP contribution in [-0.4, -0.2) is 41.3 Å². The predicted octanol–water partition coefficient (Wildman–Crippen LogP) is 2.73. The predicted molar refractivity (Wildman–Crippen MR) is 118 cm³/mol. The van der Waals surface area contributed by atoms with Crippen LogP contribution in [0.15, 0.2) is 71.8 Å². The van der Waals surface area contributed by atoms with Crippen molar-refractivity contribution in [1.29, 1.82) is 0 Å². The Morgan fingerprint density at radius 2 is 1.59 bits per heavy atom. The molecular weight excluding hydrogens is 446 g/mol. The van der Waals surface area contributed by atoms with Gasteiger partial charge in [-0.1, -0.05) is 30.3 Å². The maximum atomic E-state index is 14.8. The lowest BCUT2D eigenvalue weighted by Gasteiger charge is -2.23. The monoisotopic (exact) mass is 462 g/mol. The van der Waals surface area contributed by atoms with Crippen LogP contribution < -0.4 is 10.7 Å². The molecule has 10 heteroatoms. The van der Waals surface area contributed by atoms with Crippen molar-refractivity contribution >= 4 is 35.5 Å². The van der Waals surface area contributed by atoms with E-state index in [9.17, 15) is 28.0 Å². The summed E-state index contributed by atoms with van der Waals surface area (Å²) in [4.78, 5) is 52.9. The van der Waals surface area contributed by atoms with Crippen molar-refractivity contribution < 1.29 is 28.0 Å². The molecule has 2 N–H and O–H groups in total. The number of benzene rings is 3. The summed E-state index contributed by atoms with van der Waals surface area (Å²) in [6.07, 6.45) is 0.831. The van der Waals surface area contributed by atoms with Crippen LogP contribution in [-0.2, 0) is 4.79 Å². The maximum absolute atomic E-state index is 14.8. The molecule has 0 unspecified atom stereocenters. The van der Waals surface area contributed by atoms with Crippen LogP contribution in [0, 0.1) is 11.6 Å². The van der Waals surface area contributed by atoms with Gasteiger partial charge in [0.25, 0.3) is 17.7 Å². The van der Waals surface area contributed by atoms with Crippen LogP contribution in [0.4, 0.5) is 14.5 Å². The van der Waals surface area contributed by atoms with E-state index in [4.69, 9.17) is 5.84 Å². The van der Waals surface area contributed by atoms with E-state index in [2.05, 4.69) is 5.10 Å². The first kappa shape index (κ1) is 22.5. The van der Waals surface area contributed by atoms with E-state index in [1.54, 1.807) is 12.1 Å². The number of ketones is 1. The fraction of sp³-hybridized carbons (Fsp3) is 0.0417. The van der Waals surface area contributed by atoms with Crippen molar-refractivity contribution in [2.75, 3.05) is 11.4 Å². The van der Waals surface area contributed by atoms with Crippen molar-refractivity contribution in [3.63, 3.8) is 0 Å². The Morgan fingerprint density at radius 1 is 0.941 bits per heavy atom. The van der Waals surface area contributed by atoms with Gasteiger partial charge in [-0.15, -0.1) is 0 Å². The highest BCUT2D eigenvalue weighted by Crippen LogP contribution is 2.27. The summed E-state index contributed by atoms with van der Waals surface area (Å²) in [5.74, 6) is 0.429. The van der Waals surface area contributed by atoms with E-state index in [1.165, 1.54) is 36.4 Å². The van der Waals surface area contributed by atoms with E-state index in [-0.39, 0.29) is 22.4 Å². The van der Waals surface area contributed by atoms with Gasteiger partial charge in [-0.25, -0.2) is 8.78 Å². The van der Waals surface area contributed by atoms with Gasteiger partial charge >= 0.3 is 0 Å². The molecule has 1 heterocycles. The molecule has 0 atom stereocenters. The molecule has 0 fully saturated rings. The number of hydrazone groups is 1. The minimum atomic E-state index is -0.976. The Bertz CT molecular complexity index is 1340. The lowest BCUT2D eigenvalue weighted by Crippen LogP contribution is -2.43. The van der Waals surface area contributed by atoms with E-state index >= 15 is 0 Å². The molecule has 34 heavy (non-hydrogen) atoms. The highest BCUT2D eigenvalue weighted by atomic mass is 19.1. The number of hydrogen-bond acceptors (Lipinski definition) is 6. The van der Waals surface area contributed by atoms with Crippen molar-refractivity contribution in [3.05, 3.63) is 101 Å². The van der Waals surface area contributed by atoms with Gasteiger partial charge in [0.05, 0.1) is 22.4 Å². The second-order valence-corrected chi connectivity index (χ2v) is 7.24. The normalized spacial score (nSPS) is 12.8. The molecule has 3 aromatic carbocycles. The van der Waals surface area contributed by atoms with E-state index in [0.717, 1.165) is 34.3 Å². The number of anilines is 1. The van der Waals surface area contributed by atoms with Crippen LogP contribution in [0.25, 0.3) is 0 Å². The molecule has 8 nitrogen and oxygen atoms in total. The Kier molecular flexibility index (Phi) is 5.96. The molecule has 0 aliphatic carbocycles. The average Bonchev–Trinajstić information content (AvgIpc) is 3.07. The average molecular weight is 462 g/mol. The number of rotatable bonds is 6. The Labute approximate surface area is 191 Å². The number of nitrogens with two attached hydrogens (primary N) is 1. The first-order chi connectivity index (χ1) is 16.3. The summed E-state index contributed by atoms with van der Waals surface area (Å²) < 4.78 is 28.5. The first-order valence-corrected chi connectivity index (χ1v) is 9.93. The zero-order valence-electron chi connectivity index (χ0n) is 17.4. The SMILES string of the molecule is NN=CN(C(=O)CN1C(=O)c2ccccc2C1=O)c1cccc(F)c1C(=O)c1cccc(F)c1. The minimum absolute atomic E-state index is 0.145. The summed E-state index contributed by atoms with van der Waals surface area (Å²) in [7, 11) is 0. The molecule has 3 aromatic rings. The van der Waals surface area contributed by atoms with Crippen molar-refractivity contribution in [3.8, 4) is 0 Å². The number of fused-ring (bicyclic) bond motifs is 1. The standard InChI is InChI=1S/C24H16F2N4O4/c25-15-6-3-5-14(11-15)22(32)21-18(26)9-4-10-19(21)30(13-28-27)20(31)12-29-23(33)16-7-1-2-8-17(16)24(29)34/h1-11,13H,12,27H2. The molecule has 0 spiro atoms. The van der Waals surface area contributed by atoms with Crippen LogP contribution in [0.2, 0.25) is 0 Å². The van der Waals surface area contributed by atoms with Crippen LogP contribution >= 0.6 is 0 Å². The number of nitrogens with zero attached hydrogens (tertiary/aromatic N) is 3. The quantitative estimate of drug-likeness (QED) is 0.151. The van der Waals surface area contributed by atoms with Crippen molar-refractivity contribution in [1.82, 2.24) is 4.90 Å². The van der Waals surface area contributed by atoms with Crippen LogP contribution in [0.3, 0.4) is 0 Å². The molecule has 0 aromatic heterocycles. The van der Waals surface area contributed by atoms with Crippen molar-refractivity contribution in [2.45, 2.75) is 0 Å². The summed E-state index contributed by atoms with van der Waals surface area (Å²) in [5, 5.41) is 3.30. The Morgan fingerprint density at radius 3 is 2.21 bits per heavy atom. The molecule has 0 bridgehead atoms. The summed E-state index contributed by atoms with van der Waals surface area (Å²) in [5.41, 5.74) is -0.642. The third kappa shape index (κ3) is 3.92. The second kappa shape index (κ2) is 9.02. The van der Waals surface area contributed by atoms with Gasteiger partial charge in [0.1, 0.15) is 24.5 Å². The van der Waals surface area contributed by atoms with Gasteiger partial charge in [-0.2, -0.15) is 5.10 Å². The molecule has 1 aliphatic heterocycles. The highest BCUT2D eigenvalue weighted by molar-refractivity contribution is 6.24. The highest BCUT2D eigenvalue weighted by Gasteiger charge is 2.37. The fourth-order valence-electron chi connectivity index (χ4n) is 3.63. The number of carbonyl (C=O) groups excluding carboxylic acids is 4. The summed E-state index contributed by atoms with van der Waals surface area (Å²) in [6, 6.07) is 14.2. The Balaban J connectivity index is 1.71. The van der Waals surface area contributed by atoms with Crippen LogP contribution in [0.5, 0.6) is 0 Å². The second-order valence-electron chi connectivity index (χ2n) is 7.24. The molecule has 0 saturated heterocycles. The summed E-state index contributed by atoms with van der Waals surface area (Å²) in [6.45, 7) is -0.720. The lowest BCUT2D eigenvalue weighted by atomic mass is 10.00. The van der Waals surface area contributed by atoms with Gasteiger partial charge in [0.15, 0.2) is 5.78 Å². The molecule has 0 saturated carbocycles. The number of imide groups is 1. The molecule has 0 radical (unpaired) electrons. The van der Waals surface area contributed by atoms with Gasteiger partial charge in [0, 0.05) is 5.56 Å². The topological polar surface area (TPSA) is 113 Å². The van der Waals surface area contributed by atoms with E-state index in [0.29, 0.717) is 0 Å². The lowest BCUT2D eigenvalue weighted by molar-refractivity contribution is -0.118. The fourth-order valence-corrected chi connectivity index (χ4v) is 3.63. The largest absolute Gasteiger partial charge is 0.322 e. The number of amides is 3. The van der Waals surface area contributed by atoms with Gasteiger partial charge < -0.3 is 5.84 Å². The molecule has 1 aliphatic rings. The third-order valence-electron chi connectivity index (χ3n) is 5.19. The van der Waals surface area contributed by atoms with E-state index < -0.39 is 47.2 Å². The van der Waals surface area contributed by atoms with E-state index in [1.807, 2.05) is 0 Å². The first-order valence-electron chi connectivity index (χ1n) is 9.93. The maximum Gasteiger partial charge on any atom is 0.262 e. The molecular formula is C24H16F2N4O4. The van der Waals surface area contributed by atoms with Crippen LogP contribution in [0.1, 0.15) is 36.6 Å². The molecule has 4 rings (SSSR count). The van der Waals surface area contributed by atoms with Gasteiger partial charge in [-0.3, -0.25) is 29.0 Å². The Hall–Kier alpha value is -4.73. The van der Waals surface area contributed by atoms with Gasteiger partial charge in [0.2, 0.25) is 0 Å². The molecule has 170 valence electrons. The minimum Gasteiger partial charge on any atom is -0.322 e. The summed E-state index contributed by atoms with van der Waals surface area (Å²) >= 11 is 0. The zero-order valence-corrected chi connectivity index (χ0v) is 17.4. The number of carbonyl (C=O) groups is 4. The molecule has 3 amide bonds. The number of halogens is 2. The van der Waals surface area contributed by atoms with Gasteiger partial charge in [-0.05, 0) is 36.4 Å². The third-order valence-corrected chi connectivity index (χ3v) is 5.19. The number of hydrogen-bond donors (Lipinski definition) is 1. The zero-order chi connectivity index (χ0) is 24.4. The van der Waals surface area contributed by atoms with Crippen molar-refractivity contribution in [2.24, 2.45) is 10.9 Å².